The first-order chi connectivity index (χ1) is 15.5. The molecule has 0 aliphatic carbocycles. The summed E-state index contributed by atoms with van der Waals surface area (Å²) in [5, 5.41) is 11.7. The van der Waals surface area contributed by atoms with Crippen molar-refractivity contribution >= 4 is 40.6 Å². The maximum absolute atomic E-state index is 12.9. The van der Waals surface area contributed by atoms with Crippen LogP contribution in [0, 0.1) is 0 Å². The van der Waals surface area contributed by atoms with E-state index in [1.165, 1.54) is 11.7 Å². The second kappa shape index (κ2) is 9.33. The van der Waals surface area contributed by atoms with Crippen LogP contribution >= 0.6 is 23.4 Å². The van der Waals surface area contributed by atoms with Crippen molar-refractivity contribution in [3.05, 3.63) is 70.2 Å². The van der Waals surface area contributed by atoms with Crippen molar-refractivity contribution in [1.82, 2.24) is 19.2 Å². The van der Waals surface area contributed by atoms with Gasteiger partial charge in [0.05, 0.1) is 31.3 Å². The number of benzene rings is 2. The summed E-state index contributed by atoms with van der Waals surface area (Å²) in [7, 11) is 3.07. The maximum atomic E-state index is 12.9. The molecule has 0 spiro atoms. The molecule has 32 heavy (non-hydrogen) atoms. The fraction of sp³-hybridized carbons (Fsp3) is 0.143. The lowest BCUT2D eigenvalue weighted by Crippen LogP contribution is -2.20. The normalized spacial score (nSPS) is 10.8. The van der Waals surface area contributed by atoms with Crippen LogP contribution in [-0.4, -0.2) is 45.0 Å². The molecule has 2 heterocycles. The highest BCUT2D eigenvalue weighted by Gasteiger charge is 2.15. The Morgan fingerprint density at radius 3 is 2.75 bits per heavy atom. The van der Waals surface area contributed by atoms with Gasteiger partial charge in [0.2, 0.25) is 11.6 Å². The Labute approximate surface area is 191 Å². The van der Waals surface area contributed by atoms with Crippen molar-refractivity contribution in [2.45, 2.75) is 5.16 Å². The van der Waals surface area contributed by atoms with Gasteiger partial charge in [-0.1, -0.05) is 29.4 Å². The van der Waals surface area contributed by atoms with Crippen molar-refractivity contribution in [3.8, 4) is 17.2 Å². The van der Waals surface area contributed by atoms with E-state index in [0.717, 1.165) is 11.8 Å². The van der Waals surface area contributed by atoms with Gasteiger partial charge in [0, 0.05) is 23.5 Å². The molecule has 0 atom stereocenters. The fourth-order valence-electron chi connectivity index (χ4n) is 3.02. The molecule has 1 amide bonds. The van der Waals surface area contributed by atoms with E-state index < -0.39 is 0 Å². The van der Waals surface area contributed by atoms with Crippen LogP contribution in [-0.2, 0) is 4.79 Å². The molecule has 2 aromatic carbocycles. The Morgan fingerprint density at radius 1 is 1.12 bits per heavy atom. The van der Waals surface area contributed by atoms with E-state index in [1.54, 1.807) is 66.4 Å². The van der Waals surface area contributed by atoms with Crippen LogP contribution in [0.25, 0.3) is 11.3 Å². The van der Waals surface area contributed by atoms with Gasteiger partial charge in [-0.25, -0.2) is 0 Å². The zero-order chi connectivity index (χ0) is 22.7. The number of halogens is 1. The summed E-state index contributed by atoms with van der Waals surface area (Å²) in [5.41, 5.74) is 0.921. The first kappa shape index (κ1) is 21.7. The average molecular weight is 472 g/mol. The Morgan fingerprint density at radius 2 is 1.97 bits per heavy atom. The third-order valence-electron chi connectivity index (χ3n) is 4.54. The van der Waals surface area contributed by atoms with E-state index in [4.69, 9.17) is 21.1 Å². The number of carbonyl (C=O) groups excluding carboxylic acids is 1. The minimum absolute atomic E-state index is 0.0510. The van der Waals surface area contributed by atoms with Crippen LogP contribution in [0.4, 0.5) is 5.69 Å². The monoisotopic (exact) mass is 471 g/mol. The number of rotatable bonds is 7. The molecular formula is C21H18ClN5O4S. The Kier molecular flexibility index (Phi) is 6.33. The maximum Gasteiger partial charge on any atom is 0.300 e. The number of carbonyl (C=O) groups is 1. The fourth-order valence-corrected chi connectivity index (χ4v) is 3.91. The van der Waals surface area contributed by atoms with Gasteiger partial charge in [-0.15, -0.1) is 10.2 Å². The summed E-state index contributed by atoms with van der Waals surface area (Å²) >= 11 is 7.15. The van der Waals surface area contributed by atoms with E-state index in [-0.39, 0.29) is 22.9 Å². The second-order valence-electron chi connectivity index (χ2n) is 6.53. The number of nitrogens with zero attached hydrogens (tertiary/aromatic N) is 4. The number of thioether (sulfide) groups is 1. The van der Waals surface area contributed by atoms with Crippen LogP contribution in [0.3, 0.4) is 0 Å². The smallest absolute Gasteiger partial charge is 0.300 e. The molecule has 0 aliphatic heterocycles. The van der Waals surface area contributed by atoms with Crippen LogP contribution in [0.5, 0.6) is 11.5 Å². The standard InChI is InChI=1S/C21H18ClN5O4S/c1-30-15-5-3-4-14(11-15)26-8-9-27-19(20(26)29)24-25-21(27)32-12-18(28)23-16-10-13(22)6-7-17(16)31-2/h3-11H,12H2,1-2H3,(H,23,28). The molecule has 0 fully saturated rings. The largest absolute Gasteiger partial charge is 0.497 e. The van der Waals surface area contributed by atoms with Crippen molar-refractivity contribution in [2.75, 3.05) is 25.3 Å². The van der Waals surface area contributed by atoms with Crippen LogP contribution in [0.15, 0.2) is 64.8 Å². The molecule has 2 aromatic heterocycles. The molecule has 0 unspecified atom stereocenters. The van der Waals surface area contributed by atoms with E-state index >= 15 is 0 Å². The quantitative estimate of drug-likeness (QED) is 0.413. The summed E-state index contributed by atoms with van der Waals surface area (Å²) < 4.78 is 13.5. The SMILES string of the molecule is COc1cccc(-n2ccn3c(SCC(=O)Nc4cc(Cl)ccc4OC)nnc3c2=O)c1. The Bertz CT molecular complexity index is 1350. The number of anilines is 1. The molecule has 1 N–H and O–H groups in total. The van der Waals surface area contributed by atoms with Crippen LogP contribution < -0.4 is 20.3 Å². The number of hydrogen-bond acceptors (Lipinski definition) is 7. The number of aromatic nitrogens is 4. The average Bonchev–Trinajstić information content (AvgIpc) is 3.22. The van der Waals surface area contributed by atoms with Crippen molar-refractivity contribution in [2.24, 2.45) is 0 Å². The molecular weight excluding hydrogens is 454 g/mol. The second-order valence-corrected chi connectivity index (χ2v) is 7.91. The first-order valence-corrected chi connectivity index (χ1v) is 10.7. The van der Waals surface area contributed by atoms with E-state index in [2.05, 4.69) is 15.5 Å². The van der Waals surface area contributed by atoms with E-state index in [9.17, 15) is 9.59 Å². The summed E-state index contributed by atoms with van der Waals surface area (Å²) in [6.07, 6.45) is 3.30. The molecule has 0 aliphatic rings. The lowest BCUT2D eigenvalue weighted by molar-refractivity contribution is -0.113. The Hall–Kier alpha value is -3.50. The van der Waals surface area contributed by atoms with Gasteiger partial charge in [-0.3, -0.25) is 18.6 Å². The summed E-state index contributed by atoms with van der Waals surface area (Å²) in [6.45, 7) is 0. The van der Waals surface area contributed by atoms with Gasteiger partial charge < -0.3 is 14.8 Å². The molecule has 4 aromatic rings. The van der Waals surface area contributed by atoms with Gasteiger partial charge in [0.1, 0.15) is 11.5 Å². The number of fused-ring (bicyclic) bond motifs is 1. The predicted molar refractivity (Wildman–Crippen MR) is 122 cm³/mol. The van der Waals surface area contributed by atoms with Gasteiger partial charge in [0.25, 0.3) is 0 Å². The van der Waals surface area contributed by atoms with Crippen LogP contribution in [0.1, 0.15) is 0 Å². The molecule has 0 radical (unpaired) electrons. The minimum Gasteiger partial charge on any atom is -0.497 e. The highest BCUT2D eigenvalue weighted by atomic mass is 35.5. The molecule has 4 rings (SSSR count). The molecule has 164 valence electrons. The number of amides is 1. The predicted octanol–water partition coefficient (Wildman–Crippen LogP) is 3.28. The third kappa shape index (κ3) is 4.41. The summed E-state index contributed by atoms with van der Waals surface area (Å²) in [6, 6.07) is 12.1. The topological polar surface area (TPSA) is 99.8 Å². The number of hydrogen-bond donors (Lipinski definition) is 1. The zero-order valence-corrected chi connectivity index (χ0v) is 18.7. The summed E-state index contributed by atoms with van der Waals surface area (Å²) in [5.74, 6) is 0.903. The van der Waals surface area contributed by atoms with E-state index in [1.807, 2.05) is 0 Å². The van der Waals surface area contributed by atoms with Crippen molar-refractivity contribution < 1.29 is 14.3 Å². The molecule has 0 saturated carbocycles. The highest BCUT2D eigenvalue weighted by Crippen LogP contribution is 2.28. The first-order valence-electron chi connectivity index (χ1n) is 9.37. The Balaban J connectivity index is 1.52. The van der Waals surface area contributed by atoms with Gasteiger partial charge in [-0.05, 0) is 30.3 Å². The lowest BCUT2D eigenvalue weighted by Gasteiger charge is -2.10. The molecule has 0 saturated heterocycles. The van der Waals surface area contributed by atoms with E-state index in [0.29, 0.717) is 33.1 Å². The third-order valence-corrected chi connectivity index (χ3v) is 5.72. The summed E-state index contributed by atoms with van der Waals surface area (Å²) in [4.78, 5) is 25.3. The van der Waals surface area contributed by atoms with Gasteiger partial charge >= 0.3 is 5.56 Å². The highest BCUT2D eigenvalue weighted by molar-refractivity contribution is 7.99. The molecule has 11 heteroatoms. The zero-order valence-electron chi connectivity index (χ0n) is 17.1. The van der Waals surface area contributed by atoms with Gasteiger partial charge in [0.15, 0.2) is 5.16 Å². The van der Waals surface area contributed by atoms with Crippen molar-refractivity contribution in [1.29, 1.82) is 0 Å². The molecule has 9 nitrogen and oxygen atoms in total. The van der Waals surface area contributed by atoms with Crippen molar-refractivity contribution in [3.63, 3.8) is 0 Å². The number of ether oxygens (including phenoxy) is 2. The minimum atomic E-state index is -0.340. The van der Waals surface area contributed by atoms with Gasteiger partial charge in [-0.2, -0.15) is 0 Å². The molecule has 0 bridgehead atoms. The number of nitrogens with one attached hydrogen (secondary N) is 1. The number of methoxy groups -OCH3 is 2. The lowest BCUT2D eigenvalue weighted by atomic mass is 10.3. The van der Waals surface area contributed by atoms with Crippen LogP contribution in [0.2, 0.25) is 5.02 Å².